The Bertz CT molecular complexity index is 1020. The van der Waals surface area contributed by atoms with E-state index in [0.29, 0.717) is 56.0 Å². The summed E-state index contributed by atoms with van der Waals surface area (Å²) in [5, 5.41) is 23.4. The fourth-order valence-electron chi connectivity index (χ4n) is 3.30. The summed E-state index contributed by atoms with van der Waals surface area (Å²) in [4.78, 5) is 26.7. The highest BCUT2D eigenvalue weighted by atomic mass is 19.1. The molecule has 0 saturated carbocycles. The summed E-state index contributed by atoms with van der Waals surface area (Å²) in [6.07, 6.45) is 1.78. The molecule has 2 aromatic heterocycles. The van der Waals surface area contributed by atoms with Gasteiger partial charge in [0, 0.05) is 30.6 Å². The molecule has 2 amide bonds. The summed E-state index contributed by atoms with van der Waals surface area (Å²) in [5.74, 6) is -0.370. The molecular weight excluding hydrogens is 379 g/mol. The van der Waals surface area contributed by atoms with Gasteiger partial charge in [-0.1, -0.05) is 11.3 Å². The van der Waals surface area contributed by atoms with Gasteiger partial charge in [-0.25, -0.2) is 4.39 Å². The van der Waals surface area contributed by atoms with Gasteiger partial charge in [-0.3, -0.25) is 14.7 Å². The molecule has 3 aromatic rings. The van der Waals surface area contributed by atoms with Crippen molar-refractivity contribution in [3.63, 3.8) is 0 Å². The van der Waals surface area contributed by atoms with Crippen LogP contribution in [0.3, 0.4) is 0 Å². The van der Waals surface area contributed by atoms with E-state index in [1.807, 2.05) is 0 Å². The van der Waals surface area contributed by atoms with E-state index in [-0.39, 0.29) is 11.8 Å². The highest BCUT2D eigenvalue weighted by molar-refractivity contribution is 5.95. The van der Waals surface area contributed by atoms with E-state index in [0.717, 1.165) is 11.3 Å². The number of carbonyl (C=O) groups excluding carboxylic acids is 2. The van der Waals surface area contributed by atoms with Crippen LogP contribution in [0.15, 0.2) is 24.3 Å². The first-order valence-electron chi connectivity index (χ1n) is 9.23. The third-order valence-corrected chi connectivity index (χ3v) is 4.76. The molecule has 3 N–H and O–H groups in total. The van der Waals surface area contributed by atoms with Crippen molar-refractivity contribution in [2.45, 2.75) is 25.8 Å². The first-order chi connectivity index (χ1) is 14.1. The minimum Gasteiger partial charge on any atom is -0.351 e. The lowest BCUT2D eigenvalue weighted by Gasteiger charge is -2.27. The number of aromatic nitrogens is 6. The molecule has 150 valence electrons. The molecule has 0 fully saturated rings. The standard InChI is InChI=1S/C18H19FN8O2/c19-12-4-1-3-11(9-12)18(29)27-8-6-13-14(10-27)21-24-16(13)17(28)20-7-2-5-15-22-25-26-23-15/h1,3-4,9H,2,5-8,10H2,(H,20,28)(H,21,24)(H,22,23,25,26). The molecule has 0 atom stereocenters. The summed E-state index contributed by atoms with van der Waals surface area (Å²) in [6, 6.07) is 5.61. The van der Waals surface area contributed by atoms with Gasteiger partial charge in [0.25, 0.3) is 11.8 Å². The van der Waals surface area contributed by atoms with Crippen LogP contribution < -0.4 is 5.32 Å². The van der Waals surface area contributed by atoms with Crippen molar-refractivity contribution in [2.24, 2.45) is 0 Å². The van der Waals surface area contributed by atoms with Crippen LogP contribution in [0.4, 0.5) is 4.39 Å². The molecule has 0 unspecified atom stereocenters. The second kappa shape index (κ2) is 8.17. The van der Waals surface area contributed by atoms with E-state index in [2.05, 4.69) is 36.1 Å². The first-order valence-corrected chi connectivity index (χ1v) is 9.23. The van der Waals surface area contributed by atoms with Gasteiger partial charge >= 0.3 is 0 Å². The number of tetrazole rings is 1. The molecule has 1 aromatic carbocycles. The molecule has 4 rings (SSSR count). The minimum absolute atomic E-state index is 0.253. The van der Waals surface area contributed by atoms with Crippen molar-refractivity contribution in [1.82, 2.24) is 41.0 Å². The summed E-state index contributed by atoms with van der Waals surface area (Å²) in [5.41, 5.74) is 2.17. The maximum absolute atomic E-state index is 13.4. The largest absolute Gasteiger partial charge is 0.351 e. The van der Waals surface area contributed by atoms with E-state index < -0.39 is 5.82 Å². The summed E-state index contributed by atoms with van der Waals surface area (Å²) >= 11 is 0. The van der Waals surface area contributed by atoms with Crippen LogP contribution in [0, 0.1) is 5.82 Å². The van der Waals surface area contributed by atoms with Gasteiger partial charge in [-0.15, -0.1) is 10.2 Å². The van der Waals surface area contributed by atoms with Crippen LogP contribution in [0.2, 0.25) is 0 Å². The first kappa shape index (κ1) is 18.7. The number of rotatable bonds is 6. The Morgan fingerprint density at radius 3 is 2.97 bits per heavy atom. The molecular formula is C18H19FN8O2. The predicted molar refractivity (Wildman–Crippen MR) is 98.3 cm³/mol. The number of hydrogen-bond donors (Lipinski definition) is 3. The van der Waals surface area contributed by atoms with Crippen LogP contribution in [0.5, 0.6) is 0 Å². The molecule has 1 aliphatic rings. The van der Waals surface area contributed by atoms with Gasteiger partial charge in [-0.05, 0) is 31.0 Å². The maximum atomic E-state index is 13.4. The number of aryl methyl sites for hydroxylation is 1. The monoisotopic (exact) mass is 398 g/mol. The lowest BCUT2D eigenvalue weighted by atomic mass is 10.0. The molecule has 1 aliphatic heterocycles. The molecule has 11 heteroatoms. The molecule has 0 bridgehead atoms. The van der Waals surface area contributed by atoms with E-state index in [1.165, 1.54) is 18.2 Å². The molecule has 0 spiro atoms. The smallest absolute Gasteiger partial charge is 0.272 e. The van der Waals surface area contributed by atoms with Crippen LogP contribution in [0.1, 0.15) is 44.3 Å². The van der Waals surface area contributed by atoms with Gasteiger partial charge < -0.3 is 10.2 Å². The second-order valence-corrected chi connectivity index (χ2v) is 6.70. The summed E-state index contributed by atoms with van der Waals surface area (Å²) in [7, 11) is 0. The number of aromatic amines is 2. The number of nitrogens with zero attached hydrogens (tertiary/aromatic N) is 5. The molecule has 3 heterocycles. The summed E-state index contributed by atoms with van der Waals surface area (Å²) < 4.78 is 13.4. The van der Waals surface area contributed by atoms with Crippen LogP contribution in [0.25, 0.3) is 0 Å². The van der Waals surface area contributed by atoms with Gasteiger partial charge in [0.1, 0.15) is 5.82 Å². The Labute approximate surface area is 164 Å². The second-order valence-electron chi connectivity index (χ2n) is 6.70. The normalized spacial score (nSPS) is 13.2. The van der Waals surface area contributed by atoms with Crippen molar-refractivity contribution in [1.29, 1.82) is 0 Å². The van der Waals surface area contributed by atoms with Crippen molar-refractivity contribution < 1.29 is 14.0 Å². The van der Waals surface area contributed by atoms with Crippen molar-refractivity contribution >= 4 is 11.8 Å². The summed E-state index contributed by atoms with van der Waals surface area (Å²) in [6.45, 7) is 1.18. The number of fused-ring (bicyclic) bond motifs is 1. The highest BCUT2D eigenvalue weighted by Crippen LogP contribution is 2.22. The number of halogens is 1. The number of amides is 2. The average molecular weight is 398 g/mol. The van der Waals surface area contributed by atoms with Crippen LogP contribution >= 0.6 is 0 Å². The minimum atomic E-state index is -0.451. The molecule has 10 nitrogen and oxygen atoms in total. The fourth-order valence-corrected chi connectivity index (χ4v) is 3.30. The van der Waals surface area contributed by atoms with Crippen molar-refractivity contribution in [3.05, 3.63) is 58.4 Å². The van der Waals surface area contributed by atoms with Gasteiger partial charge in [0.2, 0.25) is 0 Å². The Hall–Kier alpha value is -3.63. The Morgan fingerprint density at radius 2 is 2.17 bits per heavy atom. The van der Waals surface area contributed by atoms with Crippen LogP contribution in [-0.2, 0) is 19.4 Å². The van der Waals surface area contributed by atoms with Crippen LogP contribution in [-0.4, -0.2) is 60.6 Å². The molecule has 29 heavy (non-hydrogen) atoms. The van der Waals surface area contributed by atoms with Gasteiger partial charge in [0.15, 0.2) is 11.5 Å². The van der Waals surface area contributed by atoms with E-state index in [1.54, 1.807) is 11.0 Å². The van der Waals surface area contributed by atoms with Gasteiger partial charge in [0.05, 0.1) is 12.2 Å². The molecule has 0 saturated heterocycles. The lowest BCUT2D eigenvalue weighted by molar-refractivity contribution is 0.0732. The van der Waals surface area contributed by atoms with E-state index in [9.17, 15) is 14.0 Å². The predicted octanol–water partition coefficient (Wildman–Crippen LogP) is 0.623. The quantitative estimate of drug-likeness (QED) is 0.522. The van der Waals surface area contributed by atoms with Crippen molar-refractivity contribution in [3.8, 4) is 0 Å². The Kier molecular flexibility index (Phi) is 5.27. The van der Waals surface area contributed by atoms with E-state index in [4.69, 9.17) is 0 Å². The lowest BCUT2D eigenvalue weighted by Crippen LogP contribution is -2.36. The van der Waals surface area contributed by atoms with Gasteiger partial charge in [-0.2, -0.15) is 10.3 Å². The number of carbonyl (C=O) groups is 2. The maximum Gasteiger partial charge on any atom is 0.272 e. The number of nitrogens with one attached hydrogen (secondary N) is 3. The third kappa shape index (κ3) is 4.13. The Morgan fingerprint density at radius 1 is 1.28 bits per heavy atom. The Balaban J connectivity index is 1.35. The molecule has 0 aliphatic carbocycles. The zero-order valence-corrected chi connectivity index (χ0v) is 15.5. The number of hydrogen-bond acceptors (Lipinski definition) is 6. The SMILES string of the molecule is O=C(NCCCc1nn[nH]n1)c1n[nH]c2c1CCN(C(=O)c1cccc(F)c1)C2. The number of benzene rings is 1. The zero-order chi connectivity index (χ0) is 20.2. The number of H-pyrrole nitrogens is 2. The highest BCUT2D eigenvalue weighted by Gasteiger charge is 2.28. The van der Waals surface area contributed by atoms with Crippen molar-refractivity contribution in [2.75, 3.05) is 13.1 Å². The third-order valence-electron chi connectivity index (χ3n) is 4.76. The molecule has 0 radical (unpaired) electrons. The van der Waals surface area contributed by atoms with E-state index >= 15 is 0 Å². The topological polar surface area (TPSA) is 133 Å². The average Bonchev–Trinajstić information content (AvgIpc) is 3.39. The fraction of sp³-hybridized carbons (Fsp3) is 0.333. The zero-order valence-electron chi connectivity index (χ0n) is 15.5.